The normalized spacial score (nSPS) is 27.1. The largest absolute Gasteiger partial charge is 0.387 e. The van der Waals surface area contributed by atoms with Crippen molar-refractivity contribution in [1.29, 1.82) is 0 Å². The Bertz CT molecular complexity index is 937. The lowest BCUT2D eigenvalue weighted by Gasteiger charge is -2.35. The maximum Gasteiger partial charge on any atom is 0.272 e. The van der Waals surface area contributed by atoms with Crippen molar-refractivity contribution < 1.29 is 18.4 Å². The lowest BCUT2D eigenvalue weighted by atomic mass is 9.81. The average molecular weight is 414 g/mol. The summed E-state index contributed by atoms with van der Waals surface area (Å²) in [5.74, 6) is -1.77. The zero-order chi connectivity index (χ0) is 20.7. The van der Waals surface area contributed by atoms with E-state index in [-0.39, 0.29) is 17.7 Å². The van der Waals surface area contributed by atoms with Crippen LogP contribution in [0, 0.1) is 11.8 Å². The maximum absolute atomic E-state index is 13.7. The number of nitrogens with zero attached hydrogens (tertiary/aromatic N) is 4. The molecule has 1 fully saturated rings. The predicted octanol–water partition coefficient (Wildman–Crippen LogP) is 2.88. The minimum Gasteiger partial charge on any atom is -0.387 e. The molecule has 3 aliphatic heterocycles. The molecule has 0 N–H and O–H groups in total. The van der Waals surface area contributed by atoms with Crippen LogP contribution in [-0.2, 0) is 11.3 Å². The summed E-state index contributed by atoms with van der Waals surface area (Å²) < 4.78 is 27.1. The zero-order valence-corrected chi connectivity index (χ0v) is 16.6. The highest BCUT2D eigenvalue weighted by Gasteiger charge is 2.40. The fourth-order valence-electron chi connectivity index (χ4n) is 4.81. The SMILES string of the molecule is O=C1c2ncccc2CCN1CCN1CCC(C2=NOC3C=C(F)C(F)=CC23)CC1. The molecular weight excluding hydrogens is 390 g/mol. The van der Waals surface area contributed by atoms with E-state index in [4.69, 9.17) is 4.84 Å². The highest BCUT2D eigenvalue weighted by Crippen LogP contribution is 2.36. The first-order chi connectivity index (χ1) is 14.6. The van der Waals surface area contributed by atoms with Crippen molar-refractivity contribution in [3.8, 4) is 0 Å². The molecule has 1 saturated heterocycles. The lowest BCUT2D eigenvalue weighted by molar-refractivity contribution is 0.0703. The molecule has 1 aromatic heterocycles. The smallest absolute Gasteiger partial charge is 0.272 e. The number of halogens is 2. The Hall–Kier alpha value is -2.61. The van der Waals surface area contributed by atoms with Crippen molar-refractivity contribution in [2.24, 2.45) is 17.0 Å². The third-order valence-corrected chi connectivity index (χ3v) is 6.56. The Kier molecular flexibility index (Phi) is 5.10. The van der Waals surface area contributed by atoms with Gasteiger partial charge in [0.1, 0.15) is 5.69 Å². The fourth-order valence-corrected chi connectivity index (χ4v) is 4.81. The number of hydrogen-bond donors (Lipinski definition) is 0. The number of aromatic nitrogens is 1. The van der Waals surface area contributed by atoms with Crippen molar-refractivity contribution >= 4 is 11.6 Å². The van der Waals surface area contributed by atoms with Crippen LogP contribution >= 0.6 is 0 Å². The molecule has 5 rings (SSSR count). The van der Waals surface area contributed by atoms with Crippen molar-refractivity contribution in [3.63, 3.8) is 0 Å². The maximum atomic E-state index is 13.7. The topological polar surface area (TPSA) is 58.0 Å². The first kappa shape index (κ1) is 19.4. The van der Waals surface area contributed by atoms with Gasteiger partial charge in [-0.15, -0.1) is 0 Å². The number of amides is 1. The Morgan fingerprint density at radius 1 is 1.10 bits per heavy atom. The molecule has 158 valence electrons. The van der Waals surface area contributed by atoms with Crippen molar-refractivity contribution in [2.45, 2.75) is 25.4 Å². The van der Waals surface area contributed by atoms with Crippen LogP contribution in [0.2, 0.25) is 0 Å². The summed E-state index contributed by atoms with van der Waals surface area (Å²) in [6.45, 7) is 4.00. The molecule has 4 heterocycles. The number of carbonyl (C=O) groups is 1. The molecule has 0 spiro atoms. The van der Waals surface area contributed by atoms with E-state index in [0.29, 0.717) is 12.2 Å². The highest BCUT2D eigenvalue weighted by molar-refractivity contribution is 5.94. The van der Waals surface area contributed by atoms with Gasteiger partial charge in [0.2, 0.25) is 0 Å². The quantitative estimate of drug-likeness (QED) is 0.760. The molecule has 0 saturated carbocycles. The monoisotopic (exact) mass is 414 g/mol. The molecule has 8 heteroatoms. The molecule has 0 radical (unpaired) electrons. The molecule has 0 aromatic carbocycles. The third kappa shape index (κ3) is 3.53. The van der Waals surface area contributed by atoms with Gasteiger partial charge in [-0.1, -0.05) is 11.2 Å². The first-order valence-electron chi connectivity index (χ1n) is 10.5. The molecule has 30 heavy (non-hydrogen) atoms. The number of fused-ring (bicyclic) bond motifs is 2. The van der Waals surface area contributed by atoms with Gasteiger partial charge in [-0.25, -0.2) is 8.78 Å². The van der Waals surface area contributed by atoms with E-state index in [0.717, 1.165) is 56.7 Å². The number of rotatable bonds is 4. The van der Waals surface area contributed by atoms with Crippen LogP contribution in [0.5, 0.6) is 0 Å². The molecule has 2 atom stereocenters. The number of carbonyl (C=O) groups excluding carboxylic acids is 1. The molecule has 1 aliphatic carbocycles. The van der Waals surface area contributed by atoms with Crippen LogP contribution in [0.25, 0.3) is 0 Å². The van der Waals surface area contributed by atoms with E-state index in [1.165, 1.54) is 12.2 Å². The fraction of sp³-hybridized carbons (Fsp3) is 0.500. The van der Waals surface area contributed by atoms with Crippen LogP contribution in [0.1, 0.15) is 28.9 Å². The Morgan fingerprint density at radius 2 is 1.90 bits per heavy atom. The Morgan fingerprint density at radius 3 is 2.73 bits per heavy atom. The van der Waals surface area contributed by atoms with Gasteiger partial charge in [-0.2, -0.15) is 0 Å². The molecule has 1 aromatic rings. The van der Waals surface area contributed by atoms with Crippen LogP contribution in [0.4, 0.5) is 8.78 Å². The van der Waals surface area contributed by atoms with Gasteiger partial charge in [0, 0.05) is 31.7 Å². The summed E-state index contributed by atoms with van der Waals surface area (Å²) in [6.07, 6.45) is 6.25. The van der Waals surface area contributed by atoms with Gasteiger partial charge >= 0.3 is 0 Å². The van der Waals surface area contributed by atoms with E-state index in [1.54, 1.807) is 6.20 Å². The van der Waals surface area contributed by atoms with Crippen LogP contribution in [0.15, 0.2) is 47.3 Å². The number of allylic oxidation sites excluding steroid dienone is 2. The second-order valence-corrected chi connectivity index (χ2v) is 8.31. The number of hydrogen-bond acceptors (Lipinski definition) is 5. The van der Waals surface area contributed by atoms with E-state index in [2.05, 4.69) is 15.0 Å². The molecule has 6 nitrogen and oxygen atoms in total. The Labute approximate surface area is 173 Å². The van der Waals surface area contributed by atoms with Crippen LogP contribution < -0.4 is 0 Å². The van der Waals surface area contributed by atoms with E-state index in [1.807, 2.05) is 17.0 Å². The molecule has 0 bridgehead atoms. The summed E-state index contributed by atoms with van der Waals surface area (Å²) >= 11 is 0. The highest BCUT2D eigenvalue weighted by atomic mass is 19.2. The van der Waals surface area contributed by atoms with Gasteiger partial charge in [0.15, 0.2) is 17.8 Å². The van der Waals surface area contributed by atoms with Gasteiger partial charge in [-0.05, 0) is 56.1 Å². The minimum atomic E-state index is -0.868. The second-order valence-electron chi connectivity index (χ2n) is 8.31. The van der Waals surface area contributed by atoms with Crippen LogP contribution in [-0.4, -0.2) is 65.2 Å². The summed E-state index contributed by atoms with van der Waals surface area (Å²) in [5.41, 5.74) is 2.43. The van der Waals surface area contributed by atoms with Gasteiger partial charge in [0.25, 0.3) is 5.91 Å². The number of pyridine rings is 1. The summed E-state index contributed by atoms with van der Waals surface area (Å²) in [4.78, 5) is 26.5. The number of likely N-dealkylation sites (tertiary alicyclic amines) is 1. The molecule has 4 aliphatic rings. The van der Waals surface area contributed by atoms with Crippen LogP contribution in [0.3, 0.4) is 0 Å². The predicted molar refractivity (Wildman–Crippen MR) is 107 cm³/mol. The lowest BCUT2D eigenvalue weighted by Crippen LogP contribution is -2.45. The zero-order valence-electron chi connectivity index (χ0n) is 16.6. The second kappa shape index (κ2) is 7.91. The van der Waals surface area contributed by atoms with Gasteiger partial charge < -0.3 is 14.6 Å². The molecule has 1 amide bonds. The summed E-state index contributed by atoms with van der Waals surface area (Å²) in [5, 5.41) is 4.16. The molecule has 2 unspecified atom stereocenters. The Balaban J connectivity index is 1.13. The average Bonchev–Trinajstić information content (AvgIpc) is 3.16. The van der Waals surface area contributed by atoms with Gasteiger partial charge in [-0.3, -0.25) is 9.78 Å². The van der Waals surface area contributed by atoms with E-state index < -0.39 is 17.8 Å². The van der Waals surface area contributed by atoms with Crippen molar-refractivity contribution in [1.82, 2.24) is 14.8 Å². The standard InChI is InChI=1S/C22H24F2N4O2/c23-17-12-16-19(13-18(17)24)30-26-20(16)15-3-7-27(8-4-15)10-11-28-9-5-14-2-1-6-25-21(14)22(28)29/h1-2,6,12-13,15-16,19H,3-5,7-11H2. The summed E-state index contributed by atoms with van der Waals surface area (Å²) in [7, 11) is 0. The van der Waals surface area contributed by atoms with E-state index >= 15 is 0 Å². The number of oxime groups is 1. The van der Waals surface area contributed by atoms with Crippen molar-refractivity contribution in [3.05, 3.63) is 53.4 Å². The third-order valence-electron chi connectivity index (χ3n) is 6.56. The van der Waals surface area contributed by atoms with Gasteiger partial charge in [0.05, 0.1) is 11.6 Å². The van der Waals surface area contributed by atoms with Crippen molar-refractivity contribution in [2.75, 3.05) is 32.7 Å². The number of piperidine rings is 1. The first-order valence-corrected chi connectivity index (χ1v) is 10.5. The minimum absolute atomic E-state index is 0.0154. The molecular formula is C22H24F2N4O2. The van der Waals surface area contributed by atoms with E-state index in [9.17, 15) is 13.6 Å². The summed E-state index contributed by atoms with van der Waals surface area (Å²) in [6, 6.07) is 3.85.